The normalized spacial score (nSPS) is 19.2. The summed E-state index contributed by atoms with van der Waals surface area (Å²) in [6.45, 7) is 2.53. The summed E-state index contributed by atoms with van der Waals surface area (Å²) in [7, 11) is 0. The number of carbonyl (C=O) groups is 2. The van der Waals surface area contributed by atoms with Gasteiger partial charge in [-0.2, -0.15) is 0 Å². The summed E-state index contributed by atoms with van der Waals surface area (Å²) in [4.78, 5) is 25.5. The maximum absolute atomic E-state index is 13.8. The monoisotopic (exact) mass is 284 g/mol. The lowest BCUT2D eigenvalue weighted by Crippen LogP contribution is -2.57. The van der Waals surface area contributed by atoms with Crippen molar-refractivity contribution in [2.45, 2.75) is 19.4 Å². The minimum absolute atomic E-state index is 0.0610. The van der Waals surface area contributed by atoms with Crippen molar-refractivity contribution in [3.63, 3.8) is 0 Å². The fourth-order valence-corrected chi connectivity index (χ4v) is 2.45. The standard InChI is InChI=1S/C13H14ClFN2O2/c1-2-10-12(18)16-6-7-17(10)13(19)11-8(14)4-3-5-9(11)15/h3-5,10H,2,6-7H2,1H3,(H,16,18). The van der Waals surface area contributed by atoms with E-state index in [4.69, 9.17) is 11.6 Å². The zero-order chi connectivity index (χ0) is 14.0. The smallest absolute Gasteiger partial charge is 0.259 e. The molecule has 1 atom stereocenters. The Hall–Kier alpha value is -1.62. The van der Waals surface area contributed by atoms with Crippen LogP contribution in [-0.2, 0) is 4.79 Å². The molecular formula is C13H14ClFN2O2. The van der Waals surface area contributed by atoms with Gasteiger partial charge in [-0.3, -0.25) is 9.59 Å². The first-order chi connectivity index (χ1) is 9.06. The average molecular weight is 285 g/mol. The van der Waals surface area contributed by atoms with Crippen LogP contribution in [-0.4, -0.2) is 35.8 Å². The van der Waals surface area contributed by atoms with Gasteiger partial charge in [-0.15, -0.1) is 0 Å². The molecule has 1 saturated heterocycles. The number of carbonyl (C=O) groups excluding carboxylic acids is 2. The van der Waals surface area contributed by atoms with Crippen molar-refractivity contribution in [3.8, 4) is 0 Å². The number of amides is 2. The summed E-state index contributed by atoms with van der Waals surface area (Å²) in [5, 5.41) is 2.75. The third-order valence-corrected chi connectivity index (χ3v) is 3.47. The number of hydrogen-bond acceptors (Lipinski definition) is 2. The summed E-state index contributed by atoms with van der Waals surface area (Å²) in [5.41, 5.74) is -0.169. The molecule has 0 spiro atoms. The predicted octanol–water partition coefficient (Wildman–Crippen LogP) is 1.83. The molecule has 0 bridgehead atoms. The molecule has 1 aliphatic rings. The van der Waals surface area contributed by atoms with E-state index in [0.29, 0.717) is 19.5 Å². The largest absolute Gasteiger partial charge is 0.353 e. The quantitative estimate of drug-likeness (QED) is 0.901. The van der Waals surface area contributed by atoms with Gasteiger partial charge in [-0.05, 0) is 18.6 Å². The Kier molecular flexibility index (Phi) is 4.04. The highest BCUT2D eigenvalue weighted by Gasteiger charge is 2.33. The summed E-state index contributed by atoms with van der Waals surface area (Å²) in [5.74, 6) is -1.42. The molecule has 1 N–H and O–H groups in total. The highest BCUT2D eigenvalue weighted by molar-refractivity contribution is 6.33. The number of piperazine rings is 1. The predicted molar refractivity (Wildman–Crippen MR) is 69.5 cm³/mol. The Bertz CT molecular complexity index is 501. The Labute approximate surface area is 115 Å². The van der Waals surface area contributed by atoms with E-state index in [-0.39, 0.29) is 16.5 Å². The molecule has 2 rings (SSSR count). The van der Waals surface area contributed by atoms with Gasteiger partial charge in [-0.1, -0.05) is 24.6 Å². The molecule has 0 aliphatic carbocycles. The average Bonchev–Trinajstić information content (AvgIpc) is 2.38. The number of hydrogen-bond donors (Lipinski definition) is 1. The van der Waals surface area contributed by atoms with Crippen LogP contribution in [0, 0.1) is 5.82 Å². The molecule has 102 valence electrons. The number of benzene rings is 1. The van der Waals surface area contributed by atoms with Crippen LogP contribution in [0.15, 0.2) is 18.2 Å². The molecule has 2 amide bonds. The maximum Gasteiger partial charge on any atom is 0.259 e. The van der Waals surface area contributed by atoms with Crippen molar-refractivity contribution in [3.05, 3.63) is 34.6 Å². The van der Waals surface area contributed by atoms with Crippen LogP contribution in [0.25, 0.3) is 0 Å². The van der Waals surface area contributed by atoms with Crippen LogP contribution in [0.2, 0.25) is 5.02 Å². The van der Waals surface area contributed by atoms with E-state index in [0.717, 1.165) is 0 Å². The number of halogens is 2. The van der Waals surface area contributed by atoms with E-state index in [9.17, 15) is 14.0 Å². The number of nitrogens with zero attached hydrogens (tertiary/aromatic N) is 1. The first-order valence-electron chi connectivity index (χ1n) is 6.09. The highest BCUT2D eigenvalue weighted by Crippen LogP contribution is 2.23. The molecule has 1 aromatic rings. The Morgan fingerprint density at radius 3 is 2.95 bits per heavy atom. The van der Waals surface area contributed by atoms with Crippen molar-refractivity contribution in [2.24, 2.45) is 0 Å². The van der Waals surface area contributed by atoms with Gasteiger partial charge >= 0.3 is 0 Å². The van der Waals surface area contributed by atoms with Gasteiger partial charge in [0.1, 0.15) is 11.9 Å². The first kappa shape index (κ1) is 13.8. The van der Waals surface area contributed by atoms with E-state index in [1.54, 1.807) is 6.92 Å². The third-order valence-electron chi connectivity index (χ3n) is 3.15. The van der Waals surface area contributed by atoms with E-state index < -0.39 is 17.8 Å². The van der Waals surface area contributed by atoms with Gasteiger partial charge in [0.2, 0.25) is 5.91 Å². The number of rotatable bonds is 2. The SMILES string of the molecule is CCC1C(=O)NCCN1C(=O)c1c(F)cccc1Cl. The van der Waals surface area contributed by atoms with Crippen LogP contribution in [0.5, 0.6) is 0 Å². The van der Waals surface area contributed by atoms with Crippen molar-refractivity contribution < 1.29 is 14.0 Å². The van der Waals surface area contributed by atoms with E-state index in [2.05, 4.69) is 5.32 Å². The molecule has 1 fully saturated rings. The fourth-order valence-electron chi connectivity index (χ4n) is 2.21. The lowest BCUT2D eigenvalue weighted by Gasteiger charge is -2.34. The van der Waals surface area contributed by atoms with Gasteiger partial charge in [0.05, 0.1) is 10.6 Å². The minimum atomic E-state index is -0.668. The minimum Gasteiger partial charge on any atom is -0.353 e. The van der Waals surface area contributed by atoms with Gasteiger partial charge in [0.25, 0.3) is 5.91 Å². The molecule has 1 aromatic carbocycles. The molecular weight excluding hydrogens is 271 g/mol. The Morgan fingerprint density at radius 1 is 1.58 bits per heavy atom. The summed E-state index contributed by atoms with van der Waals surface area (Å²) < 4.78 is 13.8. The lowest BCUT2D eigenvalue weighted by atomic mass is 10.1. The van der Waals surface area contributed by atoms with Crippen molar-refractivity contribution in [1.82, 2.24) is 10.2 Å². The van der Waals surface area contributed by atoms with Crippen molar-refractivity contribution in [2.75, 3.05) is 13.1 Å². The van der Waals surface area contributed by atoms with Crippen molar-refractivity contribution >= 4 is 23.4 Å². The first-order valence-corrected chi connectivity index (χ1v) is 6.46. The fraction of sp³-hybridized carbons (Fsp3) is 0.385. The Balaban J connectivity index is 2.35. The molecule has 6 heteroatoms. The highest BCUT2D eigenvalue weighted by atomic mass is 35.5. The molecule has 4 nitrogen and oxygen atoms in total. The zero-order valence-electron chi connectivity index (χ0n) is 10.5. The van der Waals surface area contributed by atoms with Gasteiger partial charge in [0, 0.05) is 13.1 Å². The Morgan fingerprint density at radius 2 is 2.32 bits per heavy atom. The van der Waals surface area contributed by atoms with Crippen LogP contribution in [0.3, 0.4) is 0 Å². The topological polar surface area (TPSA) is 49.4 Å². The third kappa shape index (κ3) is 2.56. The second kappa shape index (κ2) is 5.57. The molecule has 0 radical (unpaired) electrons. The second-order valence-corrected chi connectivity index (χ2v) is 4.72. The van der Waals surface area contributed by atoms with E-state index in [1.165, 1.54) is 23.1 Å². The molecule has 0 aromatic heterocycles. The maximum atomic E-state index is 13.8. The van der Waals surface area contributed by atoms with E-state index in [1.807, 2.05) is 0 Å². The lowest BCUT2D eigenvalue weighted by molar-refractivity contribution is -0.127. The molecule has 1 heterocycles. The summed E-state index contributed by atoms with van der Waals surface area (Å²) in [6, 6.07) is 3.51. The molecule has 1 unspecified atom stereocenters. The van der Waals surface area contributed by atoms with Gasteiger partial charge in [0.15, 0.2) is 0 Å². The summed E-state index contributed by atoms with van der Waals surface area (Å²) >= 11 is 5.88. The van der Waals surface area contributed by atoms with Crippen molar-refractivity contribution in [1.29, 1.82) is 0 Å². The van der Waals surface area contributed by atoms with Crippen LogP contribution < -0.4 is 5.32 Å². The van der Waals surface area contributed by atoms with Crippen LogP contribution in [0.4, 0.5) is 4.39 Å². The zero-order valence-corrected chi connectivity index (χ0v) is 11.2. The molecule has 19 heavy (non-hydrogen) atoms. The van der Waals surface area contributed by atoms with Crippen LogP contribution in [0.1, 0.15) is 23.7 Å². The summed E-state index contributed by atoms with van der Waals surface area (Å²) in [6.07, 6.45) is 0.476. The second-order valence-electron chi connectivity index (χ2n) is 4.31. The van der Waals surface area contributed by atoms with Crippen LogP contribution >= 0.6 is 11.6 Å². The number of nitrogens with one attached hydrogen (secondary N) is 1. The molecule has 1 aliphatic heterocycles. The molecule has 0 saturated carbocycles. The van der Waals surface area contributed by atoms with Gasteiger partial charge < -0.3 is 10.2 Å². The van der Waals surface area contributed by atoms with Gasteiger partial charge in [-0.25, -0.2) is 4.39 Å². The van der Waals surface area contributed by atoms with E-state index >= 15 is 0 Å².